The minimum absolute atomic E-state index is 0.00515. The number of unbranched alkanes of at least 4 members (excludes halogenated alkanes) is 1. The van der Waals surface area contributed by atoms with Gasteiger partial charge >= 0.3 is 0 Å². The first-order valence-electron chi connectivity index (χ1n) is 29.4. The zero-order valence-electron chi connectivity index (χ0n) is 53.9. The van der Waals surface area contributed by atoms with Crippen molar-refractivity contribution in [1.82, 2.24) is 42.1 Å². The van der Waals surface area contributed by atoms with Gasteiger partial charge in [0, 0.05) is 41.4 Å². The molecule has 2 unspecified atom stereocenters. The maximum atomic E-state index is 15.3. The van der Waals surface area contributed by atoms with Gasteiger partial charge in [-0.3, -0.25) is 33.6 Å². The van der Waals surface area contributed by atoms with Crippen molar-refractivity contribution in [2.24, 2.45) is 11.4 Å². The fourth-order valence-electron chi connectivity index (χ4n) is 7.13. The lowest BCUT2D eigenvalue weighted by molar-refractivity contribution is -0.136. The van der Waals surface area contributed by atoms with Crippen molar-refractivity contribution in [2.45, 2.75) is 113 Å². The standard InChI is InChI=1S/C49H66N10O10S2/c1-28(61)39(25-60)56-48(68)41-27-71-70-26-40(57-43(63)34(51)21-30-13-5-3-6-14-30)47(67)54-37(22-31-15-7-4-8-16-31)45(65)55-38(23-32-24-52-35-18-10-9-17-33(32)35)46(66)53-36(19-11-12-20-50)44(64)59-42(29(2)62)49(69)58-41/h3-10,13-18,24,28-29,34,36-42,52,60-62H,11-12,19-23,25-27,50-51H2,1-2H3,(H,53,66)(H,54,67)(H,55,65)(H,56,68)(H,57,63)(H,58,69)(H,59,64)/t28-,29-,34-,36+,37+,38-,39?,40-,41-,42?/m1/s1/i60D,61D,62D/hD12. The maximum absolute atomic E-state index is 15.3. The van der Waals surface area contributed by atoms with E-state index in [1.807, 2.05) is 0 Å². The third-order valence-electron chi connectivity index (χ3n) is 11.1. The van der Waals surface area contributed by atoms with Gasteiger partial charge in [0.25, 0.3) is 0 Å². The van der Waals surface area contributed by atoms with E-state index in [-0.39, 0.29) is 85.3 Å². The molecule has 15 N–H and O–H groups in total. The van der Waals surface area contributed by atoms with Crippen LogP contribution in [0.2, 0.25) is 16.9 Å². The van der Waals surface area contributed by atoms with E-state index in [9.17, 15) is 27.6 Å². The molecular formula is C49H66N10O10S2. The van der Waals surface area contributed by atoms with Crippen LogP contribution in [0.5, 0.6) is 0 Å². The molecular weight excluding hydrogens is 953 g/mol. The average molecular weight is 1030 g/mol. The van der Waals surface area contributed by atoms with Gasteiger partial charge in [-0.1, -0.05) is 100 Å². The highest BCUT2D eigenvalue weighted by atomic mass is 33.1. The average Bonchev–Trinajstić information content (AvgIpc) is 3.27. The molecule has 0 spiro atoms. The maximum Gasteiger partial charge on any atom is 0.245 e. The molecule has 10 atom stereocenters. The van der Waals surface area contributed by atoms with Gasteiger partial charge < -0.3 is 68.9 Å². The Kier molecular flexibility index (Phi) is 15.0. The minimum atomic E-state index is -2.40. The molecule has 71 heavy (non-hydrogen) atoms. The number of nitrogens with one attached hydrogen (secondary N) is 8. The number of rotatable bonds is 22. The predicted octanol–water partition coefficient (Wildman–Crippen LogP) is -0.805. The first-order valence-corrected chi connectivity index (χ1v) is 25.3. The first kappa shape index (κ1) is 37.7. The van der Waals surface area contributed by atoms with E-state index < -0.39 is 139 Å². The predicted molar refractivity (Wildman–Crippen MR) is 272 cm³/mol. The Morgan fingerprint density at radius 3 is 2.15 bits per heavy atom. The molecule has 5 rings (SSSR count). The van der Waals surface area contributed by atoms with Crippen molar-refractivity contribution in [3.63, 3.8) is 0 Å². The van der Waals surface area contributed by atoms with Crippen molar-refractivity contribution in [3.8, 4) is 0 Å². The van der Waals surface area contributed by atoms with E-state index in [1.54, 1.807) is 72.8 Å². The number of para-hydroxylation sites is 1. The second kappa shape index (κ2) is 28.1. The molecule has 22 heteroatoms. The Morgan fingerprint density at radius 2 is 1.45 bits per heavy atom. The number of carbonyl (C=O) groups excluding carboxylic acids is 7. The summed E-state index contributed by atoms with van der Waals surface area (Å²) in [6, 6.07) is 5.42. The van der Waals surface area contributed by atoms with E-state index in [0.29, 0.717) is 38.3 Å². The summed E-state index contributed by atoms with van der Waals surface area (Å²) in [5, 5.41) is 14.3. The smallest absolute Gasteiger partial charge is 0.245 e. The molecule has 1 fully saturated rings. The number of carbonyl (C=O) groups is 7. The molecule has 0 bridgehead atoms. The molecule has 20 nitrogen and oxygen atoms in total. The van der Waals surface area contributed by atoms with E-state index >= 15 is 14.4 Å². The topological polar surface area (TPSA) is 332 Å². The van der Waals surface area contributed by atoms with E-state index in [0.717, 1.165) is 11.9 Å². The lowest BCUT2D eigenvalue weighted by Crippen LogP contribution is -2.62. The Balaban J connectivity index is 1.78. The van der Waals surface area contributed by atoms with Gasteiger partial charge in [-0.2, -0.15) is 0 Å². The Bertz CT molecular complexity index is 2910. The van der Waals surface area contributed by atoms with Crippen molar-refractivity contribution in [1.29, 1.82) is 4.29 Å². The summed E-state index contributed by atoms with van der Waals surface area (Å²) in [6.07, 6.45) is -4.42. The first-order chi connectivity index (χ1) is 40.8. The molecule has 7 amide bonds. The van der Waals surface area contributed by atoms with Crippen LogP contribution in [0.1, 0.15) is 49.8 Å². The molecule has 1 aliphatic rings. The Hall–Kier alpha value is -6.01. The van der Waals surface area contributed by atoms with Crippen LogP contribution in [-0.4, -0.2) is 151 Å². The lowest BCUT2D eigenvalue weighted by atomic mass is 10.0. The molecule has 1 aromatic heterocycles. The molecule has 2 heterocycles. The van der Waals surface area contributed by atoms with Gasteiger partial charge in [0.05, 0.1) is 30.9 Å². The second-order valence-electron chi connectivity index (χ2n) is 16.6. The molecule has 3 aromatic carbocycles. The van der Waals surface area contributed by atoms with Crippen molar-refractivity contribution < 1.29 is 65.8 Å². The Labute approximate surface area is 442 Å². The highest BCUT2D eigenvalue weighted by Gasteiger charge is 2.36. The van der Waals surface area contributed by atoms with Gasteiger partial charge in [0.15, 0.2) is 11.3 Å². The lowest BCUT2D eigenvalue weighted by Gasteiger charge is -2.29. The monoisotopic (exact) mass is 1030 g/mol. The number of amides is 7. The highest BCUT2D eigenvalue weighted by Crippen LogP contribution is 2.24. The van der Waals surface area contributed by atoms with Crippen LogP contribution in [0.25, 0.3) is 10.9 Å². The van der Waals surface area contributed by atoms with Gasteiger partial charge in [-0.05, 0) is 68.8 Å². The molecule has 0 saturated carbocycles. The molecule has 1 aliphatic heterocycles. The molecule has 1 saturated heterocycles. The van der Waals surface area contributed by atoms with E-state index in [4.69, 9.17) is 17.9 Å². The van der Waals surface area contributed by atoms with Crippen molar-refractivity contribution in [3.05, 3.63) is 108 Å². The number of aliphatic hydroxyl groups is 3. The number of fused-ring (bicyclic) bond motifs is 1. The highest BCUT2D eigenvalue weighted by molar-refractivity contribution is 8.76. The van der Waals surface area contributed by atoms with E-state index in [1.165, 1.54) is 25.3 Å². The molecule has 0 radical (unpaired) electrons. The number of H-pyrrole nitrogens is 1. The SMILES string of the molecule is [2H]OCC([C@@H](C)O[2H])N([2H])C(=O)[C@H]1CSSC[C@@H](N([2H])C(=O)[C@@H](Cc2ccccc2)N([2H])[2H])C(=O)N([2H])[C@@H](Cc2ccccc2)C(=O)N([2H])[C@H](Cc2cn([2H])c3ccccc23)C(=O)N([2H])[C@@H](CCCCN([2H])[2H])C(=O)N([2H])C([C@@H](C)O[2H])C(=O)N1[2H]. The van der Waals surface area contributed by atoms with Gasteiger partial charge in [0.1, 0.15) is 41.9 Å². The van der Waals surface area contributed by atoms with Crippen LogP contribution < -0.4 is 48.6 Å². The number of hydrogen-bond acceptors (Lipinski definition) is 14. The number of aromatic amines is 1. The summed E-state index contributed by atoms with van der Waals surface area (Å²) >= 11 is 0. The summed E-state index contributed by atoms with van der Waals surface area (Å²) in [5.74, 6) is -12.0. The van der Waals surface area contributed by atoms with Crippen molar-refractivity contribution >= 4 is 73.8 Å². The second-order valence-corrected chi connectivity index (χ2v) is 19.2. The molecule has 4 aromatic rings. The zero-order valence-corrected chi connectivity index (χ0v) is 40.5. The van der Waals surface area contributed by atoms with Gasteiger partial charge in [-0.25, -0.2) is 0 Å². The minimum Gasteiger partial charge on any atom is -0.394 e. The number of aliphatic hydroxyl groups excluding tert-OH is 3. The van der Waals surface area contributed by atoms with Gasteiger partial charge in [-0.15, -0.1) is 0 Å². The van der Waals surface area contributed by atoms with Gasteiger partial charge in [0.2, 0.25) is 45.6 Å². The number of aromatic nitrogens is 1. The summed E-state index contributed by atoms with van der Waals surface area (Å²) in [6.45, 7) is 1.25. The molecule has 0 aliphatic carbocycles. The van der Waals surface area contributed by atoms with Crippen LogP contribution >= 0.6 is 21.6 Å². The number of hydrogen-bond donors (Lipinski definition) is 13. The number of benzene rings is 3. The van der Waals surface area contributed by atoms with Crippen LogP contribution in [-0.2, 0) is 52.8 Å². The summed E-state index contributed by atoms with van der Waals surface area (Å²) in [5.41, 5.74) is 1.44. The molecule has 384 valence electrons. The fraction of sp³-hybridized carbons (Fsp3) is 0.449. The Morgan fingerprint density at radius 1 is 0.789 bits per heavy atom. The van der Waals surface area contributed by atoms with Crippen LogP contribution in [0, 0.1) is 0 Å². The largest absolute Gasteiger partial charge is 0.394 e. The summed E-state index contributed by atoms with van der Waals surface area (Å²) < 4.78 is 128. The van der Waals surface area contributed by atoms with Crippen molar-refractivity contribution in [2.75, 3.05) is 24.7 Å². The summed E-state index contributed by atoms with van der Waals surface area (Å²) in [7, 11) is 1.16. The van der Waals surface area contributed by atoms with E-state index in [2.05, 4.69) is 10.2 Å². The quantitative estimate of drug-likeness (QED) is 0.0339. The van der Waals surface area contributed by atoms with Crippen LogP contribution in [0.4, 0.5) is 0 Å². The summed E-state index contributed by atoms with van der Waals surface area (Å²) in [4.78, 5) is 106. The third-order valence-corrected chi connectivity index (χ3v) is 13.5. The third kappa shape index (κ3) is 17.1. The van der Waals surface area contributed by atoms with Crippen LogP contribution in [0.15, 0.2) is 91.1 Å². The zero-order chi connectivity index (χ0) is 63.7. The van der Waals surface area contributed by atoms with Crippen LogP contribution in [0.3, 0.4) is 0 Å². The fourth-order valence-corrected chi connectivity index (χ4v) is 9.36. The normalized spacial score (nSPS) is 26.6. The number of nitrogens with two attached hydrogens (primary N) is 2.